The van der Waals surface area contributed by atoms with Crippen molar-refractivity contribution in [2.75, 3.05) is 5.32 Å². The quantitative estimate of drug-likeness (QED) is 0.550. The maximum Gasteiger partial charge on any atom is 0.248 e. The fourth-order valence-electron chi connectivity index (χ4n) is 5.34. The largest absolute Gasteiger partial charge is 0.371 e. The fourth-order valence-corrected chi connectivity index (χ4v) is 5.34. The minimum absolute atomic E-state index is 0.0299. The van der Waals surface area contributed by atoms with E-state index in [0.717, 1.165) is 24.2 Å². The topological polar surface area (TPSA) is 44.9 Å². The molecule has 1 heterocycles. The van der Waals surface area contributed by atoms with E-state index in [1.165, 1.54) is 27.8 Å². The van der Waals surface area contributed by atoms with Crippen molar-refractivity contribution in [1.29, 1.82) is 0 Å². The van der Waals surface area contributed by atoms with Gasteiger partial charge in [-0.3, -0.25) is 4.79 Å². The molecule has 3 heteroatoms. The van der Waals surface area contributed by atoms with Crippen LogP contribution in [-0.2, 0) is 12.0 Å². The summed E-state index contributed by atoms with van der Waals surface area (Å²) in [5.74, 6) is 0.305. The Morgan fingerprint density at radius 3 is 2.63 bits per heavy atom. The monoisotopic (exact) mass is 394 g/mol. The molecule has 0 radical (unpaired) electrons. The van der Waals surface area contributed by atoms with E-state index >= 15 is 0 Å². The minimum Gasteiger partial charge on any atom is -0.371 e. The first-order valence-electron chi connectivity index (χ1n) is 10.6. The van der Waals surface area contributed by atoms with E-state index in [0.29, 0.717) is 5.92 Å². The fraction of sp³-hybridized carbons (Fsp3) is 0.222. The number of H-pyrrole nitrogens is 1. The number of aromatic amines is 1. The maximum absolute atomic E-state index is 12.0. The molecular weight excluding hydrogens is 368 g/mol. The number of aromatic nitrogens is 1. The van der Waals surface area contributed by atoms with Crippen LogP contribution in [-0.4, -0.2) is 4.98 Å². The highest BCUT2D eigenvalue weighted by Crippen LogP contribution is 2.51. The Morgan fingerprint density at radius 1 is 1.03 bits per heavy atom. The molecule has 0 fully saturated rings. The van der Waals surface area contributed by atoms with E-state index in [2.05, 4.69) is 84.8 Å². The van der Waals surface area contributed by atoms with Crippen LogP contribution in [0.2, 0.25) is 0 Å². The summed E-state index contributed by atoms with van der Waals surface area (Å²) in [5, 5.41) is 3.91. The van der Waals surface area contributed by atoms with E-state index in [-0.39, 0.29) is 11.1 Å². The molecule has 3 nitrogen and oxygen atoms in total. The first-order valence-corrected chi connectivity index (χ1v) is 10.6. The zero-order valence-electron chi connectivity index (χ0n) is 17.4. The SMILES string of the molecule is C/C=C1\[C@H]2C=C(C)C[C@]1(Nc1cccc(-c3ccccc3)c1)c1ccc(=O)[nH]c1C2. The van der Waals surface area contributed by atoms with Gasteiger partial charge in [0, 0.05) is 28.9 Å². The third kappa shape index (κ3) is 3.02. The second-order valence-electron chi connectivity index (χ2n) is 8.44. The number of anilines is 1. The molecular formula is C27H26N2O. The van der Waals surface area contributed by atoms with Crippen LogP contribution in [0.25, 0.3) is 11.1 Å². The summed E-state index contributed by atoms with van der Waals surface area (Å²) in [6.45, 7) is 4.34. The van der Waals surface area contributed by atoms with Gasteiger partial charge in [-0.2, -0.15) is 0 Å². The lowest BCUT2D eigenvalue weighted by molar-refractivity contribution is 0.440. The summed E-state index contributed by atoms with van der Waals surface area (Å²) in [5.41, 5.74) is 8.11. The Kier molecular flexibility index (Phi) is 4.47. The van der Waals surface area contributed by atoms with Gasteiger partial charge in [-0.05, 0) is 61.6 Å². The van der Waals surface area contributed by atoms with Gasteiger partial charge in [-0.15, -0.1) is 0 Å². The van der Waals surface area contributed by atoms with Gasteiger partial charge in [0.25, 0.3) is 0 Å². The summed E-state index contributed by atoms with van der Waals surface area (Å²) in [6.07, 6.45) is 6.35. The molecule has 2 aliphatic carbocycles. The second kappa shape index (κ2) is 7.17. The average Bonchev–Trinajstić information content (AvgIpc) is 2.74. The molecule has 0 aliphatic heterocycles. The molecule has 5 rings (SSSR count). The van der Waals surface area contributed by atoms with E-state index in [4.69, 9.17) is 0 Å². The lowest BCUT2D eigenvalue weighted by atomic mass is 9.63. The Hall–Kier alpha value is -3.33. The number of allylic oxidation sites excluding steroid dienone is 2. The van der Waals surface area contributed by atoms with Crippen molar-refractivity contribution in [2.24, 2.45) is 5.92 Å². The van der Waals surface area contributed by atoms with E-state index in [1.54, 1.807) is 6.07 Å². The Labute approximate surface area is 177 Å². The molecule has 0 unspecified atom stereocenters. The van der Waals surface area contributed by atoms with Crippen LogP contribution in [0, 0.1) is 5.92 Å². The maximum atomic E-state index is 12.0. The van der Waals surface area contributed by atoms with Gasteiger partial charge in [0.15, 0.2) is 0 Å². The lowest BCUT2D eigenvalue weighted by Crippen LogP contribution is -2.47. The molecule has 2 atom stereocenters. The lowest BCUT2D eigenvalue weighted by Gasteiger charge is -2.48. The number of pyridine rings is 1. The summed E-state index contributed by atoms with van der Waals surface area (Å²) >= 11 is 0. The molecule has 0 saturated carbocycles. The van der Waals surface area contributed by atoms with Crippen molar-refractivity contribution in [2.45, 2.75) is 32.2 Å². The van der Waals surface area contributed by atoms with Crippen LogP contribution >= 0.6 is 0 Å². The standard InChI is InChI=1S/C27H26N2O/c1-3-23-21-14-18(2)17-27(23,24-12-13-26(30)28-25(24)16-21)29-22-11-7-10-20(15-22)19-8-5-4-6-9-19/h3-15,21,29H,16-17H2,1-2H3,(H,28,30)/b23-3+/t21-,27+/m0/s1. The summed E-state index contributed by atoms with van der Waals surface area (Å²) < 4.78 is 0. The van der Waals surface area contributed by atoms with Crippen LogP contribution in [0.5, 0.6) is 0 Å². The van der Waals surface area contributed by atoms with E-state index in [9.17, 15) is 4.79 Å². The number of fused-ring (bicyclic) bond motifs is 4. The highest BCUT2D eigenvalue weighted by Gasteiger charge is 2.46. The van der Waals surface area contributed by atoms with Crippen molar-refractivity contribution in [3.05, 3.63) is 112 Å². The van der Waals surface area contributed by atoms with Crippen LogP contribution in [0.1, 0.15) is 31.5 Å². The van der Waals surface area contributed by atoms with Gasteiger partial charge >= 0.3 is 0 Å². The average molecular weight is 395 g/mol. The molecule has 0 saturated heterocycles. The molecule has 2 aliphatic rings. The van der Waals surface area contributed by atoms with Crippen LogP contribution < -0.4 is 10.9 Å². The van der Waals surface area contributed by atoms with E-state index in [1.807, 2.05) is 12.1 Å². The van der Waals surface area contributed by atoms with Gasteiger partial charge in [-0.1, -0.05) is 60.2 Å². The Morgan fingerprint density at radius 2 is 1.83 bits per heavy atom. The number of hydrogen-bond acceptors (Lipinski definition) is 2. The zero-order valence-corrected chi connectivity index (χ0v) is 17.4. The molecule has 2 bridgehead atoms. The predicted octanol–water partition coefficient (Wildman–Crippen LogP) is 5.82. The van der Waals surface area contributed by atoms with Gasteiger partial charge < -0.3 is 10.3 Å². The van der Waals surface area contributed by atoms with Gasteiger partial charge in [0.05, 0.1) is 5.54 Å². The first kappa shape index (κ1) is 18.7. The number of benzene rings is 2. The van der Waals surface area contributed by atoms with Crippen molar-refractivity contribution in [1.82, 2.24) is 4.98 Å². The number of rotatable bonds is 3. The first-order chi connectivity index (χ1) is 14.6. The number of nitrogens with one attached hydrogen (secondary N) is 2. The molecule has 3 aromatic rings. The smallest absolute Gasteiger partial charge is 0.248 e. The number of hydrogen-bond donors (Lipinski definition) is 2. The summed E-state index contributed by atoms with van der Waals surface area (Å²) in [7, 11) is 0. The third-order valence-electron chi connectivity index (χ3n) is 6.44. The highest BCUT2D eigenvalue weighted by atomic mass is 16.1. The van der Waals surface area contributed by atoms with Crippen molar-refractivity contribution >= 4 is 5.69 Å². The molecule has 150 valence electrons. The molecule has 2 N–H and O–H groups in total. The Bertz CT molecular complexity index is 1220. The van der Waals surface area contributed by atoms with Crippen LogP contribution in [0.3, 0.4) is 0 Å². The third-order valence-corrected chi connectivity index (χ3v) is 6.44. The molecule has 1 aromatic heterocycles. The summed E-state index contributed by atoms with van der Waals surface area (Å²) in [6, 6.07) is 22.7. The molecule has 0 amide bonds. The molecule has 2 aromatic carbocycles. The van der Waals surface area contributed by atoms with Crippen molar-refractivity contribution in [3.8, 4) is 11.1 Å². The minimum atomic E-state index is -0.342. The highest BCUT2D eigenvalue weighted by molar-refractivity contribution is 5.69. The van der Waals surface area contributed by atoms with Crippen LogP contribution in [0.4, 0.5) is 5.69 Å². The van der Waals surface area contributed by atoms with Gasteiger partial charge in [0.1, 0.15) is 0 Å². The van der Waals surface area contributed by atoms with Gasteiger partial charge in [-0.25, -0.2) is 0 Å². The normalized spacial score (nSPS) is 23.6. The van der Waals surface area contributed by atoms with E-state index < -0.39 is 0 Å². The van der Waals surface area contributed by atoms with Crippen LogP contribution in [0.15, 0.2) is 94.8 Å². The van der Waals surface area contributed by atoms with Crippen molar-refractivity contribution in [3.63, 3.8) is 0 Å². The predicted molar refractivity (Wildman–Crippen MR) is 124 cm³/mol. The zero-order chi connectivity index (χ0) is 20.7. The molecule has 0 spiro atoms. The Balaban J connectivity index is 1.65. The second-order valence-corrected chi connectivity index (χ2v) is 8.44. The summed E-state index contributed by atoms with van der Waals surface area (Å²) in [4.78, 5) is 15.1. The molecule has 30 heavy (non-hydrogen) atoms. The van der Waals surface area contributed by atoms with Crippen molar-refractivity contribution < 1.29 is 0 Å². The van der Waals surface area contributed by atoms with Gasteiger partial charge in [0.2, 0.25) is 5.56 Å².